The summed E-state index contributed by atoms with van der Waals surface area (Å²) in [7, 11) is 0. The molecular formula is C18H22ClN3O4. The van der Waals surface area contributed by atoms with Gasteiger partial charge in [0.15, 0.2) is 10.8 Å². The highest BCUT2D eigenvalue weighted by Crippen LogP contribution is 2.21. The van der Waals surface area contributed by atoms with Crippen LogP contribution in [-0.4, -0.2) is 22.9 Å². The SMILES string of the molecule is CC(C)(C)n1ncc(OCc2ccc(COCCN=O)cc2)c(Cl)c1=O. The van der Waals surface area contributed by atoms with Crippen LogP contribution in [0.15, 0.2) is 40.4 Å². The molecule has 0 amide bonds. The lowest BCUT2D eigenvalue weighted by Crippen LogP contribution is -2.36. The van der Waals surface area contributed by atoms with Crippen molar-refractivity contribution in [3.63, 3.8) is 0 Å². The molecule has 0 radical (unpaired) electrons. The van der Waals surface area contributed by atoms with Crippen molar-refractivity contribution in [2.45, 2.75) is 39.5 Å². The molecule has 0 spiro atoms. The van der Waals surface area contributed by atoms with Crippen LogP contribution in [0.5, 0.6) is 5.75 Å². The first-order chi connectivity index (χ1) is 12.3. The Labute approximate surface area is 156 Å². The number of benzene rings is 1. The molecule has 1 aromatic carbocycles. The van der Waals surface area contributed by atoms with Crippen LogP contribution in [0.2, 0.25) is 5.02 Å². The van der Waals surface area contributed by atoms with E-state index in [9.17, 15) is 9.70 Å². The fraction of sp³-hybridized carbons (Fsp3) is 0.444. The van der Waals surface area contributed by atoms with Crippen molar-refractivity contribution in [1.82, 2.24) is 9.78 Å². The van der Waals surface area contributed by atoms with Crippen LogP contribution in [0.25, 0.3) is 0 Å². The van der Waals surface area contributed by atoms with Crippen LogP contribution in [0.1, 0.15) is 31.9 Å². The minimum atomic E-state index is -0.459. The smallest absolute Gasteiger partial charge is 0.289 e. The number of nitrogens with zero attached hydrogens (tertiary/aromatic N) is 3. The van der Waals surface area contributed by atoms with Gasteiger partial charge in [-0.15, -0.1) is 0 Å². The van der Waals surface area contributed by atoms with Crippen LogP contribution >= 0.6 is 11.6 Å². The zero-order chi connectivity index (χ0) is 19.2. The second-order valence-corrected chi connectivity index (χ2v) is 7.10. The van der Waals surface area contributed by atoms with E-state index in [-0.39, 0.29) is 29.5 Å². The Morgan fingerprint density at radius 3 is 2.35 bits per heavy atom. The molecule has 0 saturated carbocycles. The van der Waals surface area contributed by atoms with E-state index >= 15 is 0 Å². The fourth-order valence-electron chi connectivity index (χ4n) is 2.18. The average Bonchev–Trinajstić information content (AvgIpc) is 2.60. The molecular weight excluding hydrogens is 358 g/mol. The van der Waals surface area contributed by atoms with Crippen LogP contribution in [0.4, 0.5) is 0 Å². The number of aromatic nitrogens is 2. The third-order valence-corrected chi connectivity index (χ3v) is 3.88. The summed E-state index contributed by atoms with van der Waals surface area (Å²) in [5, 5.41) is 6.89. The molecule has 26 heavy (non-hydrogen) atoms. The van der Waals surface area contributed by atoms with Gasteiger partial charge in [-0.2, -0.15) is 10.0 Å². The van der Waals surface area contributed by atoms with E-state index in [0.29, 0.717) is 13.2 Å². The van der Waals surface area contributed by atoms with Gasteiger partial charge in [0.2, 0.25) is 0 Å². The molecule has 140 valence electrons. The third kappa shape index (κ3) is 5.37. The largest absolute Gasteiger partial charge is 0.485 e. The number of nitroso groups, excluding NO2 is 1. The number of hydrogen-bond acceptors (Lipinski definition) is 6. The first kappa shape index (κ1) is 20.1. The molecule has 0 bridgehead atoms. The lowest BCUT2D eigenvalue weighted by atomic mass is 10.1. The topological polar surface area (TPSA) is 82.8 Å². The maximum atomic E-state index is 12.3. The molecule has 2 rings (SSSR count). The van der Waals surface area contributed by atoms with Crippen molar-refractivity contribution in [3.05, 3.63) is 61.9 Å². The first-order valence-electron chi connectivity index (χ1n) is 8.18. The van der Waals surface area contributed by atoms with E-state index in [2.05, 4.69) is 10.3 Å². The summed E-state index contributed by atoms with van der Waals surface area (Å²) < 4.78 is 12.3. The summed E-state index contributed by atoms with van der Waals surface area (Å²) >= 11 is 6.13. The Hall–Kier alpha value is -2.25. The summed E-state index contributed by atoms with van der Waals surface area (Å²) in [5.74, 6) is 0.255. The van der Waals surface area contributed by atoms with Crippen molar-refractivity contribution < 1.29 is 9.47 Å². The van der Waals surface area contributed by atoms with Gasteiger partial charge in [-0.25, -0.2) is 4.68 Å². The Morgan fingerprint density at radius 1 is 1.15 bits per heavy atom. The van der Waals surface area contributed by atoms with E-state index in [4.69, 9.17) is 21.1 Å². The standard InChI is InChI=1S/C18H22ClN3O4/c1-18(2,3)22-17(23)16(19)15(10-20-22)26-12-14-6-4-13(5-7-14)11-25-9-8-21-24/h4-7,10H,8-9,11-12H2,1-3H3. The van der Waals surface area contributed by atoms with Gasteiger partial charge in [-0.1, -0.05) is 41.0 Å². The molecule has 0 fully saturated rings. The molecule has 1 heterocycles. The van der Waals surface area contributed by atoms with E-state index in [1.807, 2.05) is 45.0 Å². The normalized spacial score (nSPS) is 11.4. The van der Waals surface area contributed by atoms with Crippen molar-refractivity contribution in [2.24, 2.45) is 5.18 Å². The van der Waals surface area contributed by atoms with Gasteiger partial charge >= 0.3 is 0 Å². The fourth-order valence-corrected chi connectivity index (χ4v) is 2.36. The lowest BCUT2D eigenvalue weighted by Gasteiger charge is -2.21. The molecule has 7 nitrogen and oxygen atoms in total. The van der Waals surface area contributed by atoms with Gasteiger partial charge < -0.3 is 9.47 Å². The number of rotatable bonds is 8. The monoisotopic (exact) mass is 379 g/mol. The van der Waals surface area contributed by atoms with Gasteiger partial charge in [-0.05, 0) is 31.9 Å². The highest BCUT2D eigenvalue weighted by atomic mass is 35.5. The molecule has 8 heteroatoms. The highest BCUT2D eigenvalue weighted by molar-refractivity contribution is 6.31. The molecule has 0 aliphatic carbocycles. The summed E-state index contributed by atoms with van der Waals surface area (Å²) in [4.78, 5) is 22.3. The minimum Gasteiger partial charge on any atom is -0.485 e. The Balaban J connectivity index is 1.97. The predicted molar refractivity (Wildman–Crippen MR) is 99.6 cm³/mol. The van der Waals surface area contributed by atoms with E-state index < -0.39 is 5.54 Å². The highest BCUT2D eigenvalue weighted by Gasteiger charge is 2.19. The molecule has 0 N–H and O–H groups in total. The van der Waals surface area contributed by atoms with Gasteiger partial charge in [0.05, 0.1) is 24.9 Å². The molecule has 0 atom stereocenters. The van der Waals surface area contributed by atoms with E-state index in [1.54, 1.807) is 0 Å². The number of ether oxygens (including phenoxy) is 2. The second kappa shape index (κ2) is 8.91. The minimum absolute atomic E-state index is 0.0173. The van der Waals surface area contributed by atoms with Gasteiger partial charge in [0.1, 0.15) is 13.2 Å². The molecule has 0 unspecified atom stereocenters. The van der Waals surface area contributed by atoms with Gasteiger partial charge in [0, 0.05) is 0 Å². The van der Waals surface area contributed by atoms with Crippen molar-refractivity contribution >= 4 is 11.6 Å². The Bertz CT molecular complexity index is 798. The molecule has 0 aliphatic heterocycles. The van der Waals surface area contributed by atoms with Crippen LogP contribution in [-0.2, 0) is 23.5 Å². The molecule has 0 saturated heterocycles. The molecule has 1 aromatic heterocycles. The average molecular weight is 380 g/mol. The van der Waals surface area contributed by atoms with Crippen LogP contribution in [0, 0.1) is 4.91 Å². The maximum Gasteiger partial charge on any atom is 0.289 e. The van der Waals surface area contributed by atoms with Crippen molar-refractivity contribution in [1.29, 1.82) is 0 Å². The molecule has 0 aliphatic rings. The number of halogens is 1. The quantitative estimate of drug-likeness (QED) is 0.517. The summed E-state index contributed by atoms with van der Waals surface area (Å²) in [6, 6.07) is 7.61. The first-order valence-corrected chi connectivity index (χ1v) is 8.56. The van der Waals surface area contributed by atoms with Gasteiger partial charge in [0.25, 0.3) is 5.56 Å². The van der Waals surface area contributed by atoms with E-state index in [0.717, 1.165) is 11.1 Å². The Kier molecular flexibility index (Phi) is 6.88. The second-order valence-electron chi connectivity index (χ2n) is 6.72. The summed E-state index contributed by atoms with van der Waals surface area (Å²) in [6.07, 6.45) is 1.46. The number of hydrogen-bond donors (Lipinski definition) is 0. The zero-order valence-corrected chi connectivity index (χ0v) is 15.8. The molecule has 2 aromatic rings. The predicted octanol–water partition coefficient (Wildman–Crippen LogP) is 3.51. The lowest BCUT2D eigenvalue weighted by molar-refractivity contribution is 0.128. The van der Waals surface area contributed by atoms with Gasteiger partial charge in [-0.3, -0.25) is 4.79 Å². The Morgan fingerprint density at radius 2 is 1.77 bits per heavy atom. The van der Waals surface area contributed by atoms with Crippen LogP contribution in [0.3, 0.4) is 0 Å². The summed E-state index contributed by atoms with van der Waals surface area (Å²) in [6.45, 7) is 6.75. The van der Waals surface area contributed by atoms with E-state index in [1.165, 1.54) is 10.9 Å². The van der Waals surface area contributed by atoms with Crippen molar-refractivity contribution in [2.75, 3.05) is 13.2 Å². The van der Waals surface area contributed by atoms with Crippen molar-refractivity contribution in [3.8, 4) is 5.75 Å². The zero-order valence-electron chi connectivity index (χ0n) is 15.1. The maximum absolute atomic E-state index is 12.3. The summed E-state index contributed by atoms with van der Waals surface area (Å²) in [5.41, 5.74) is 1.05. The van der Waals surface area contributed by atoms with Crippen LogP contribution < -0.4 is 10.3 Å². The third-order valence-electron chi connectivity index (χ3n) is 3.54.